The molecule has 0 bridgehead atoms. The first kappa shape index (κ1) is 16.7. The average molecular weight is 374 g/mol. The maximum atomic E-state index is 12.9. The van der Waals surface area contributed by atoms with Crippen molar-refractivity contribution in [2.45, 2.75) is 36.7 Å². The molecule has 0 amide bonds. The summed E-state index contributed by atoms with van der Waals surface area (Å²) in [7, 11) is -4.10. The van der Waals surface area contributed by atoms with Crippen LogP contribution >= 0.6 is 0 Å². The van der Waals surface area contributed by atoms with Crippen molar-refractivity contribution in [3.63, 3.8) is 0 Å². The molecule has 1 heterocycles. The highest BCUT2D eigenvalue weighted by atomic mass is 32.2. The van der Waals surface area contributed by atoms with Gasteiger partial charge in [-0.15, -0.1) is 0 Å². The Balaban J connectivity index is 1.70. The fraction of sp³-hybridized carbons (Fsp3) is 0.278. The minimum atomic E-state index is -4.10. The number of oxazole rings is 1. The fourth-order valence-electron chi connectivity index (χ4n) is 3.24. The van der Waals surface area contributed by atoms with Gasteiger partial charge in [-0.2, -0.15) is 3.97 Å². The van der Waals surface area contributed by atoms with E-state index in [9.17, 15) is 13.2 Å². The number of aromatic nitrogens is 1. The SMILES string of the molecule is Nc1ccc2c(c1)oc(=O)n2S(=O)(=O)c1ccc(OC2CCCC2)cc1. The minimum absolute atomic E-state index is 0.0158. The molecule has 4 rings (SSSR count). The average Bonchev–Trinajstić information content (AvgIpc) is 3.21. The van der Waals surface area contributed by atoms with Crippen LogP contribution in [-0.4, -0.2) is 18.5 Å². The molecule has 1 aliphatic carbocycles. The fourth-order valence-corrected chi connectivity index (χ4v) is 4.57. The number of hydrogen-bond donors (Lipinski definition) is 1. The molecule has 1 saturated carbocycles. The quantitative estimate of drug-likeness (QED) is 0.704. The molecule has 0 spiro atoms. The molecule has 1 aromatic heterocycles. The van der Waals surface area contributed by atoms with Crippen molar-refractivity contribution < 1.29 is 17.6 Å². The first-order chi connectivity index (χ1) is 12.4. The van der Waals surface area contributed by atoms with Crippen LogP contribution in [0, 0.1) is 0 Å². The number of ether oxygens (including phenoxy) is 1. The lowest BCUT2D eigenvalue weighted by Crippen LogP contribution is -2.23. The third-order valence-electron chi connectivity index (χ3n) is 4.53. The van der Waals surface area contributed by atoms with E-state index in [2.05, 4.69) is 0 Å². The molecule has 136 valence electrons. The van der Waals surface area contributed by atoms with E-state index in [0.717, 1.165) is 25.7 Å². The van der Waals surface area contributed by atoms with Crippen LogP contribution < -0.4 is 16.2 Å². The van der Waals surface area contributed by atoms with Gasteiger partial charge in [-0.3, -0.25) is 0 Å². The van der Waals surface area contributed by atoms with Crippen LogP contribution in [0.3, 0.4) is 0 Å². The minimum Gasteiger partial charge on any atom is -0.490 e. The summed E-state index contributed by atoms with van der Waals surface area (Å²) in [5, 5.41) is 0. The molecule has 0 atom stereocenters. The number of anilines is 1. The second kappa shape index (κ2) is 6.21. The summed E-state index contributed by atoms with van der Waals surface area (Å²) in [5.41, 5.74) is 6.30. The van der Waals surface area contributed by atoms with Gasteiger partial charge in [0.1, 0.15) is 11.3 Å². The zero-order valence-corrected chi connectivity index (χ0v) is 14.7. The summed E-state index contributed by atoms with van der Waals surface area (Å²) >= 11 is 0. The number of nitrogens with two attached hydrogens (primary N) is 1. The summed E-state index contributed by atoms with van der Waals surface area (Å²) in [6.07, 6.45) is 4.51. The third-order valence-corrected chi connectivity index (χ3v) is 6.23. The van der Waals surface area contributed by atoms with Crippen molar-refractivity contribution in [3.05, 3.63) is 53.0 Å². The topological polar surface area (TPSA) is 105 Å². The molecular weight excluding hydrogens is 356 g/mol. The molecule has 2 aromatic carbocycles. The van der Waals surface area contributed by atoms with Gasteiger partial charge in [0.2, 0.25) is 0 Å². The zero-order chi connectivity index (χ0) is 18.3. The van der Waals surface area contributed by atoms with Crippen molar-refractivity contribution >= 4 is 26.8 Å². The maximum Gasteiger partial charge on any atom is 0.434 e. The lowest BCUT2D eigenvalue weighted by molar-refractivity contribution is 0.210. The molecule has 1 fully saturated rings. The third kappa shape index (κ3) is 2.86. The molecule has 2 N–H and O–H groups in total. The van der Waals surface area contributed by atoms with Crippen LogP contribution in [0.15, 0.2) is 56.6 Å². The summed E-state index contributed by atoms with van der Waals surface area (Å²) in [6.45, 7) is 0. The standard InChI is InChI=1S/C18H18N2O5S/c19-12-5-10-16-17(11-12)25-18(21)20(16)26(22,23)15-8-6-14(7-9-15)24-13-3-1-2-4-13/h5-11,13H,1-4,19H2. The van der Waals surface area contributed by atoms with Crippen molar-refractivity contribution in [2.75, 3.05) is 5.73 Å². The van der Waals surface area contributed by atoms with Crippen LogP contribution in [0.4, 0.5) is 5.69 Å². The number of nitrogens with zero attached hydrogens (tertiary/aromatic N) is 1. The number of benzene rings is 2. The molecule has 26 heavy (non-hydrogen) atoms. The molecule has 1 aliphatic rings. The summed E-state index contributed by atoms with van der Waals surface area (Å²) in [6, 6.07) is 10.5. The van der Waals surface area contributed by atoms with E-state index < -0.39 is 15.8 Å². The van der Waals surface area contributed by atoms with Crippen molar-refractivity contribution in [1.29, 1.82) is 0 Å². The van der Waals surface area contributed by atoms with Crippen LogP contribution in [0.2, 0.25) is 0 Å². The number of fused-ring (bicyclic) bond motifs is 1. The Bertz CT molecular complexity index is 1110. The van der Waals surface area contributed by atoms with E-state index in [1.165, 1.54) is 30.3 Å². The highest BCUT2D eigenvalue weighted by molar-refractivity contribution is 7.90. The first-order valence-corrected chi connectivity index (χ1v) is 9.82. The maximum absolute atomic E-state index is 12.9. The van der Waals surface area contributed by atoms with Gasteiger partial charge in [0, 0.05) is 11.8 Å². The number of hydrogen-bond acceptors (Lipinski definition) is 6. The second-order valence-corrected chi connectivity index (χ2v) is 8.15. The normalized spacial score (nSPS) is 15.5. The Morgan fingerprint density at radius 2 is 1.77 bits per heavy atom. The Kier molecular flexibility index (Phi) is 3.99. The van der Waals surface area contributed by atoms with Gasteiger partial charge in [0.15, 0.2) is 5.58 Å². The van der Waals surface area contributed by atoms with E-state index in [0.29, 0.717) is 15.4 Å². The zero-order valence-electron chi connectivity index (χ0n) is 13.9. The molecule has 0 aliphatic heterocycles. The molecule has 0 saturated heterocycles. The van der Waals surface area contributed by atoms with E-state index in [1.807, 2.05) is 0 Å². The number of nitrogen functional groups attached to an aromatic ring is 1. The van der Waals surface area contributed by atoms with E-state index in [-0.39, 0.29) is 22.1 Å². The van der Waals surface area contributed by atoms with Gasteiger partial charge in [-0.1, -0.05) is 0 Å². The van der Waals surface area contributed by atoms with E-state index >= 15 is 0 Å². The van der Waals surface area contributed by atoms with Crippen molar-refractivity contribution in [2.24, 2.45) is 0 Å². The highest BCUT2D eigenvalue weighted by Gasteiger charge is 2.24. The highest BCUT2D eigenvalue weighted by Crippen LogP contribution is 2.26. The first-order valence-electron chi connectivity index (χ1n) is 8.38. The Morgan fingerprint density at radius 1 is 1.08 bits per heavy atom. The van der Waals surface area contributed by atoms with Crippen molar-refractivity contribution in [1.82, 2.24) is 3.97 Å². The molecule has 3 aromatic rings. The van der Waals surface area contributed by atoms with Crippen molar-refractivity contribution in [3.8, 4) is 5.75 Å². The largest absolute Gasteiger partial charge is 0.490 e. The second-order valence-electron chi connectivity index (χ2n) is 6.36. The van der Waals surface area contributed by atoms with Crippen LogP contribution in [0.25, 0.3) is 11.1 Å². The van der Waals surface area contributed by atoms with Crippen LogP contribution in [0.1, 0.15) is 25.7 Å². The smallest absolute Gasteiger partial charge is 0.434 e. The number of rotatable bonds is 4. The predicted octanol–water partition coefficient (Wildman–Crippen LogP) is 2.74. The summed E-state index contributed by atoms with van der Waals surface area (Å²) < 4.78 is 37.3. The molecule has 8 heteroatoms. The lowest BCUT2D eigenvalue weighted by Gasteiger charge is -2.13. The Labute approximate surface area is 150 Å². The van der Waals surface area contributed by atoms with E-state index in [4.69, 9.17) is 14.9 Å². The monoisotopic (exact) mass is 374 g/mol. The lowest BCUT2D eigenvalue weighted by atomic mass is 10.3. The molecule has 7 nitrogen and oxygen atoms in total. The van der Waals surface area contributed by atoms with Gasteiger partial charge >= 0.3 is 5.76 Å². The predicted molar refractivity (Wildman–Crippen MR) is 96.8 cm³/mol. The van der Waals surface area contributed by atoms with Gasteiger partial charge in [0.25, 0.3) is 10.0 Å². The van der Waals surface area contributed by atoms with E-state index in [1.54, 1.807) is 12.1 Å². The molecular formula is C18H18N2O5S. The summed E-state index contributed by atoms with van der Waals surface area (Å²) in [5.74, 6) is -0.357. The van der Waals surface area contributed by atoms with Gasteiger partial charge < -0.3 is 14.9 Å². The summed E-state index contributed by atoms with van der Waals surface area (Å²) in [4.78, 5) is 12.1. The van der Waals surface area contributed by atoms with Gasteiger partial charge in [-0.25, -0.2) is 13.2 Å². The molecule has 0 unspecified atom stereocenters. The Hall–Kier alpha value is -2.74. The molecule has 0 radical (unpaired) electrons. The van der Waals surface area contributed by atoms with Gasteiger partial charge in [-0.05, 0) is 62.1 Å². The van der Waals surface area contributed by atoms with Crippen LogP contribution in [-0.2, 0) is 10.0 Å². The van der Waals surface area contributed by atoms with Gasteiger partial charge in [0.05, 0.1) is 11.0 Å². The van der Waals surface area contributed by atoms with Crippen LogP contribution in [0.5, 0.6) is 5.75 Å². The Morgan fingerprint density at radius 3 is 2.46 bits per heavy atom.